The summed E-state index contributed by atoms with van der Waals surface area (Å²) in [6.45, 7) is 5.21. The van der Waals surface area contributed by atoms with Crippen LogP contribution < -0.4 is 15.4 Å². The molecule has 1 saturated carbocycles. The van der Waals surface area contributed by atoms with E-state index in [1.165, 1.54) is 6.42 Å². The first-order chi connectivity index (χ1) is 19.6. The van der Waals surface area contributed by atoms with Crippen LogP contribution in [-0.4, -0.2) is 82.9 Å². The maximum atomic E-state index is 13.7. The topological polar surface area (TPSA) is 131 Å². The minimum absolute atomic E-state index is 0.0444. The number of carbonyl (C=O) groups is 3. The first-order valence-corrected chi connectivity index (χ1v) is 14.5. The average Bonchev–Trinajstić information content (AvgIpc) is 2.95. The van der Waals surface area contributed by atoms with Crippen molar-refractivity contribution in [2.24, 2.45) is 5.92 Å². The number of benzene rings is 2. The highest BCUT2D eigenvalue weighted by Gasteiger charge is 2.33. The fourth-order valence-electron chi connectivity index (χ4n) is 5.55. The number of amides is 3. The van der Waals surface area contributed by atoms with Gasteiger partial charge in [-0.05, 0) is 62.7 Å². The highest BCUT2D eigenvalue weighted by molar-refractivity contribution is 5.99. The number of hydrogen-bond donors (Lipinski definition) is 4. The second-order valence-electron chi connectivity index (χ2n) is 11.5. The molecule has 0 saturated heterocycles. The Morgan fingerprint density at radius 1 is 1.12 bits per heavy atom. The number of likely N-dealkylation sites (N-methyl/N-ethyl adjacent to an activating group) is 1. The van der Waals surface area contributed by atoms with Gasteiger partial charge >= 0.3 is 12.0 Å². The summed E-state index contributed by atoms with van der Waals surface area (Å²) >= 11 is 0. The lowest BCUT2D eigenvalue weighted by molar-refractivity contribution is 0.0341. The Hall–Kier alpha value is -3.63. The van der Waals surface area contributed by atoms with Crippen LogP contribution in [0.3, 0.4) is 0 Å². The van der Waals surface area contributed by atoms with Crippen LogP contribution in [0, 0.1) is 5.92 Å². The van der Waals surface area contributed by atoms with Crippen molar-refractivity contribution in [3.8, 4) is 5.75 Å². The van der Waals surface area contributed by atoms with Crippen molar-refractivity contribution in [2.75, 3.05) is 32.1 Å². The predicted molar refractivity (Wildman–Crippen MR) is 156 cm³/mol. The Bertz CT molecular complexity index is 1210. The normalized spacial score (nSPS) is 20.4. The molecule has 3 amide bonds. The van der Waals surface area contributed by atoms with Crippen molar-refractivity contribution >= 4 is 23.6 Å². The van der Waals surface area contributed by atoms with E-state index in [1.54, 1.807) is 47.4 Å². The van der Waals surface area contributed by atoms with Crippen molar-refractivity contribution in [1.82, 2.24) is 15.1 Å². The Kier molecular flexibility index (Phi) is 10.2. The van der Waals surface area contributed by atoms with E-state index in [9.17, 15) is 19.5 Å². The van der Waals surface area contributed by atoms with Gasteiger partial charge in [-0.15, -0.1) is 0 Å². The highest BCUT2D eigenvalue weighted by atomic mass is 16.5. The van der Waals surface area contributed by atoms with E-state index in [4.69, 9.17) is 9.84 Å². The lowest BCUT2D eigenvalue weighted by Gasteiger charge is -2.38. The first-order valence-electron chi connectivity index (χ1n) is 14.5. The molecule has 0 unspecified atom stereocenters. The van der Waals surface area contributed by atoms with Gasteiger partial charge in [0.05, 0.1) is 23.8 Å². The molecule has 2 aliphatic rings. The third-order valence-electron chi connectivity index (χ3n) is 8.01. The fourth-order valence-corrected chi connectivity index (χ4v) is 5.55. The molecule has 0 bridgehead atoms. The summed E-state index contributed by atoms with van der Waals surface area (Å²) in [5.41, 5.74) is 2.06. The Morgan fingerprint density at radius 2 is 1.83 bits per heavy atom. The zero-order valence-corrected chi connectivity index (χ0v) is 24.1. The van der Waals surface area contributed by atoms with Gasteiger partial charge in [-0.1, -0.05) is 38.3 Å². The molecule has 2 aromatic rings. The van der Waals surface area contributed by atoms with Crippen molar-refractivity contribution in [2.45, 2.75) is 70.7 Å². The Morgan fingerprint density at radius 3 is 2.49 bits per heavy atom. The molecule has 2 aromatic carbocycles. The average molecular weight is 567 g/mol. The molecule has 4 N–H and O–H groups in total. The van der Waals surface area contributed by atoms with Crippen LogP contribution in [0.15, 0.2) is 42.5 Å². The molecule has 1 fully saturated rings. The molecule has 222 valence electrons. The molecule has 3 atom stereocenters. The number of nitrogens with zero attached hydrogens (tertiary/aromatic N) is 2. The van der Waals surface area contributed by atoms with Gasteiger partial charge in [0.2, 0.25) is 0 Å². The number of aliphatic hydroxyl groups excluding tert-OH is 1. The summed E-state index contributed by atoms with van der Waals surface area (Å²) in [6.07, 6.45) is 5.09. The number of fused-ring (bicyclic) bond motifs is 1. The smallest absolute Gasteiger partial charge is 0.335 e. The monoisotopic (exact) mass is 566 g/mol. The molecular weight excluding hydrogens is 524 g/mol. The standard InChI is InChI=1S/C31H42N4O6/c1-20-16-35(21(2)19-36)29(37)26-15-25(33-31(40)32-24-7-5-4-6-8-24)13-14-27(26)41-28(20)18-34(3)17-22-9-11-23(12-10-22)30(38)39/h9-15,20-21,24,28,36H,4-8,16-19H2,1-3H3,(H,38,39)(H2,32,33,40)/t20-,21-,28+/m1/s1. The lowest BCUT2D eigenvalue weighted by atomic mass is 9.96. The summed E-state index contributed by atoms with van der Waals surface area (Å²) in [7, 11) is 1.97. The number of urea groups is 1. The maximum absolute atomic E-state index is 13.7. The van der Waals surface area contributed by atoms with E-state index >= 15 is 0 Å². The third kappa shape index (κ3) is 7.98. The van der Waals surface area contributed by atoms with E-state index in [-0.39, 0.29) is 42.2 Å². The Labute approximate surface area is 241 Å². The van der Waals surface area contributed by atoms with Crippen molar-refractivity contribution in [1.29, 1.82) is 0 Å². The molecule has 1 aliphatic carbocycles. The number of carboxylic acid groups (broad SMARTS) is 1. The predicted octanol–water partition coefficient (Wildman–Crippen LogP) is 4.19. The molecule has 0 spiro atoms. The third-order valence-corrected chi connectivity index (χ3v) is 8.01. The number of carboxylic acids is 1. The molecule has 10 heteroatoms. The highest BCUT2D eigenvalue weighted by Crippen LogP contribution is 2.31. The number of rotatable bonds is 9. The van der Waals surface area contributed by atoms with Gasteiger partial charge in [0.15, 0.2) is 0 Å². The van der Waals surface area contributed by atoms with Crippen LogP contribution >= 0.6 is 0 Å². The van der Waals surface area contributed by atoms with E-state index in [1.807, 2.05) is 20.9 Å². The summed E-state index contributed by atoms with van der Waals surface area (Å²) in [6, 6.07) is 11.4. The molecule has 0 radical (unpaired) electrons. The minimum atomic E-state index is -0.959. The largest absolute Gasteiger partial charge is 0.488 e. The van der Waals surface area contributed by atoms with Crippen LogP contribution in [-0.2, 0) is 6.54 Å². The number of nitrogens with one attached hydrogen (secondary N) is 2. The van der Waals surface area contributed by atoms with E-state index in [0.717, 1.165) is 31.2 Å². The van der Waals surface area contributed by atoms with Crippen LogP contribution in [0.1, 0.15) is 72.2 Å². The van der Waals surface area contributed by atoms with Crippen LogP contribution in [0.2, 0.25) is 0 Å². The van der Waals surface area contributed by atoms with Crippen molar-refractivity contribution in [3.63, 3.8) is 0 Å². The number of aliphatic hydroxyl groups is 1. The van der Waals surface area contributed by atoms with Gasteiger partial charge in [0, 0.05) is 37.3 Å². The summed E-state index contributed by atoms with van der Waals surface area (Å²) < 4.78 is 6.46. The fraction of sp³-hybridized carbons (Fsp3) is 0.516. The van der Waals surface area contributed by atoms with Gasteiger partial charge < -0.3 is 30.5 Å². The number of hydrogen-bond acceptors (Lipinski definition) is 6. The van der Waals surface area contributed by atoms with Crippen LogP contribution in [0.4, 0.5) is 10.5 Å². The zero-order valence-electron chi connectivity index (χ0n) is 24.1. The molecule has 4 rings (SSSR count). The van der Waals surface area contributed by atoms with Crippen molar-refractivity contribution in [3.05, 3.63) is 59.2 Å². The molecule has 10 nitrogen and oxygen atoms in total. The van der Waals surface area contributed by atoms with Gasteiger partial charge in [-0.3, -0.25) is 9.69 Å². The van der Waals surface area contributed by atoms with E-state index in [2.05, 4.69) is 15.5 Å². The van der Waals surface area contributed by atoms with Gasteiger partial charge in [-0.2, -0.15) is 0 Å². The van der Waals surface area contributed by atoms with Crippen LogP contribution in [0.5, 0.6) is 5.75 Å². The summed E-state index contributed by atoms with van der Waals surface area (Å²) in [5.74, 6) is -0.828. The van der Waals surface area contributed by atoms with E-state index < -0.39 is 12.0 Å². The molecule has 0 aromatic heterocycles. The van der Waals surface area contributed by atoms with Crippen LogP contribution in [0.25, 0.3) is 0 Å². The molecular formula is C31H42N4O6. The quantitative estimate of drug-likeness (QED) is 0.358. The number of anilines is 1. The second-order valence-corrected chi connectivity index (χ2v) is 11.5. The molecule has 1 heterocycles. The number of ether oxygens (including phenoxy) is 1. The summed E-state index contributed by atoms with van der Waals surface area (Å²) in [4.78, 5) is 41.3. The van der Waals surface area contributed by atoms with Gasteiger partial charge in [-0.25, -0.2) is 9.59 Å². The zero-order chi connectivity index (χ0) is 29.5. The second kappa shape index (κ2) is 13.8. The number of aromatic carboxylic acids is 1. The number of carbonyl (C=O) groups excluding carboxylic acids is 2. The first kappa shape index (κ1) is 30.3. The van der Waals surface area contributed by atoms with Gasteiger partial charge in [0.25, 0.3) is 5.91 Å². The minimum Gasteiger partial charge on any atom is -0.488 e. The van der Waals surface area contributed by atoms with Gasteiger partial charge in [0.1, 0.15) is 11.9 Å². The SMILES string of the molecule is C[C@@H]1CN([C@H](C)CO)C(=O)c2cc(NC(=O)NC3CCCCC3)ccc2O[C@H]1CN(C)Cc1ccc(C(=O)O)cc1. The lowest BCUT2D eigenvalue weighted by Crippen LogP contribution is -2.49. The maximum Gasteiger partial charge on any atom is 0.335 e. The van der Waals surface area contributed by atoms with E-state index in [0.29, 0.717) is 36.6 Å². The Balaban J connectivity index is 1.51. The molecule has 41 heavy (non-hydrogen) atoms. The summed E-state index contributed by atoms with van der Waals surface area (Å²) in [5, 5.41) is 25.0. The van der Waals surface area contributed by atoms with Crippen molar-refractivity contribution < 1.29 is 29.3 Å². The molecule has 1 aliphatic heterocycles.